The smallest absolute Gasteiger partial charge is 0.329 e. The third-order valence-corrected chi connectivity index (χ3v) is 7.33. The highest BCUT2D eigenvalue weighted by Crippen LogP contribution is 2.31. The van der Waals surface area contributed by atoms with Gasteiger partial charge in [0.1, 0.15) is 29.7 Å². The molecule has 1 aromatic heterocycles. The highest BCUT2D eigenvalue weighted by atomic mass is 16.7. The number of methoxy groups -OCH3 is 2. The van der Waals surface area contributed by atoms with Crippen LogP contribution in [0.5, 0.6) is 23.0 Å². The van der Waals surface area contributed by atoms with Gasteiger partial charge < -0.3 is 33.7 Å². The van der Waals surface area contributed by atoms with Crippen molar-refractivity contribution in [1.82, 2.24) is 10.3 Å². The number of nitrogens with one attached hydrogen (secondary N) is 1. The molecular weight excluding hydrogens is 568 g/mol. The first-order chi connectivity index (χ1) is 21.3. The molecule has 4 atom stereocenters. The third-order valence-electron chi connectivity index (χ3n) is 7.33. The summed E-state index contributed by atoms with van der Waals surface area (Å²) in [7, 11) is 3.03. The molecule has 11 heteroatoms. The van der Waals surface area contributed by atoms with Crippen molar-refractivity contribution < 1.29 is 42.8 Å². The zero-order chi connectivity index (χ0) is 31.5. The Morgan fingerprint density at radius 2 is 1.73 bits per heavy atom. The van der Waals surface area contributed by atoms with Crippen molar-refractivity contribution in [2.75, 3.05) is 21.0 Å². The summed E-state index contributed by atoms with van der Waals surface area (Å²) in [5, 5.41) is 2.76. The van der Waals surface area contributed by atoms with E-state index in [4.69, 9.17) is 28.4 Å². The maximum absolute atomic E-state index is 13.4. The Balaban J connectivity index is 1.54. The van der Waals surface area contributed by atoms with Crippen LogP contribution in [0.3, 0.4) is 0 Å². The van der Waals surface area contributed by atoms with Gasteiger partial charge in [-0.15, -0.1) is 0 Å². The fraction of sp³-hybridized carbons (Fsp3) is 0.394. The van der Waals surface area contributed by atoms with Crippen molar-refractivity contribution in [1.29, 1.82) is 0 Å². The van der Waals surface area contributed by atoms with Gasteiger partial charge in [0, 0.05) is 25.1 Å². The molecule has 2 heterocycles. The molecule has 0 radical (unpaired) electrons. The SMILES string of the molecule is COc1ccc(CC2CCCC(NC(=O)c3nccc(OC)c3OCOC(C)=O)C(=O)OC(C)C2Oc2ccccc2)cc1. The van der Waals surface area contributed by atoms with E-state index in [9.17, 15) is 14.4 Å². The van der Waals surface area contributed by atoms with E-state index in [1.54, 1.807) is 14.0 Å². The van der Waals surface area contributed by atoms with Gasteiger partial charge in [-0.05, 0) is 56.0 Å². The van der Waals surface area contributed by atoms with Crippen LogP contribution in [0.15, 0.2) is 66.9 Å². The summed E-state index contributed by atoms with van der Waals surface area (Å²) in [6.45, 7) is 2.60. The topological polar surface area (TPSA) is 132 Å². The monoisotopic (exact) mass is 606 g/mol. The Hall–Kier alpha value is -4.80. The second kappa shape index (κ2) is 15.6. The van der Waals surface area contributed by atoms with E-state index in [0.29, 0.717) is 31.4 Å². The van der Waals surface area contributed by atoms with Crippen molar-refractivity contribution in [3.63, 3.8) is 0 Å². The molecule has 1 N–H and O–H groups in total. The number of pyridine rings is 1. The minimum Gasteiger partial charge on any atom is -0.497 e. The van der Waals surface area contributed by atoms with Crippen LogP contribution < -0.4 is 24.3 Å². The fourth-order valence-electron chi connectivity index (χ4n) is 5.13. The van der Waals surface area contributed by atoms with Crippen LogP contribution in [0.2, 0.25) is 0 Å². The van der Waals surface area contributed by atoms with Crippen molar-refractivity contribution in [2.45, 2.75) is 57.8 Å². The number of cyclic esters (lactones) is 1. The lowest BCUT2D eigenvalue weighted by Crippen LogP contribution is -2.45. The van der Waals surface area contributed by atoms with E-state index in [2.05, 4.69) is 10.3 Å². The average Bonchev–Trinajstić information content (AvgIpc) is 3.07. The van der Waals surface area contributed by atoms with Crippen molar-refractivity contribution >= 4 is 17.8 Å². The highest BCUT2D eigenvalue weighted by molar-refractivity contribution is 5.98. The molecule has 1 amide bonds. The third kappa shape index (κ3) is 8.62. The number of rotatable bonds is 11. The van der Waals surface area contributed by atoms with Crippen molar-refractivity contribution in [3.8, 4) is 23.0 Å². The number of carbonyl (C=O) groups is 3. The average molecular weight is 607 g/mol. The molecule has 11 nitrogen and oxygen atoms in total. The Bertz CT molecular complexity index is 1400. The van der Waals surface area contributed by atoms with Gasteiger partial charge in [-0.1, -0.05) is 36.8 Å². The Morgan fingerprint density at radius 1 is 0.977 bits per heavy atom. The molecule has 4 unspecified atom stereocenters. The molecule has 234 valence electrons. The van der Waals surface area contributed by atoms with Gasteiger partial charge in [0.2, 0.25) is 6.79 Å². The minimum absolute atomic E-state index is 0.00202. The summed E-state index contributed by atoms with van der Waals surface area (Å²) in [6, 6.07) is 17.9. The maximum Gasteiger partial charge on any atom is 0.329 e. The van der Waals surface area contributed by atoms with Crippen LogP contribution in [-0.4, -0.2) is 62.1 Å². The van der Waals surface area contributed by atoms with E-state index >= 15 is 0 Å². The summed E-state index contributed by atoms with van der Waals surface area (Å²) in [5.74, 6) is -0.158. The normalized spacial score (nSPS) is 20.1. The molecule has 4 rings (SSSR count). The molecule has 1 aliphatic heterocycles. The number of hydrogen-bond donors (Lipinski definition) is 1. The number of ether oxygens (including phenoxy) is 6. The summed E-state index contributed by atoms with van der Waals surface area (Å²) in [5.41, 5.74) is 0.977. The second-order valence-electron chi connectivity index (χ2n) is 10.4. The molecule has 0 bridgehead atoms. The lowest BCUT2D eigenvalue weighted by Gasteiger charge is -2.32. The molecule has 1 saturated heterocycles. The molecule has 0 aliphatic carbocycles. The molecular formula is C33H38N2O9. The molecule has 2 aromatic carbocycles. The number of benzene rings is 2. The number of hydrogen-bond acceptors (Lipinski definition) is 10. The molecule has 1 aliphatic rings. The molecule has 3 aromatic rings. The molecule has 1 fully saturated rings. The lowest BCUT2D eigenvalue weighted by molar-refractivity contribution is -0.156. The van der Waals surface area contributed by atoms with Crippen LogP contribution in [0, 0.1) is 5.92 Å². The second-order valence-corrected chi connectivity index (χ2v) is 10.4. The predicted molar refractivity (Wildman–Crippen MR) is 160 cm³/mol. The number of carbonyl (C=O) groups excluding carboxylic acids is 3. The van der Waals surface area contributed by atoms with Crippen LogP contribution in [0.1, 0.15) is 49.2 Å². The van der Waals surface area contributed by atoms with Crippen molar-refractivity contribution in [2.24, 2.45) is 5.92 Å². The Morgan fingerprint density at radius 3 is 2.41 bits per heavy atom. The quantitative estimate of drug-likeness (QED) is 0.246. The largest absolute Gasteiger partial charge is 0.497 e. The summed E-state index contributed by atoms with van der Waals surface area (Å²) < 4.78 is 33.4. The Kier molecular flexibility index (Phi) is 11.4. The van der Waals surface area contributed by atoms with E-state index in [1.807, 2.05) is 54.6 Å². The molecule has 0 saturated carbocycles. The van der Waals surface area contributed by atoms with E-state index in [0.717, 1.165) is 11.3 Å². The van der Waals surface area contributed by atoms with Gasteiger partial charge in [0.25, 0.3) is 5.91 Å². The van der Waals surface area contributed by atoms with E-state index in [-0.39, 0.29) is 23.1 Å². The minimum atomic E-state index is -0.948. The first-order valence-electron chi connectivity index (χ1n) is 14.4. The first-order valence-corrected chi connectivity index (χ1v) is 14.4. The summed E-state index contributed by atoms with van der Waals surface area (Å²) in [4.78, 5) is 42.2. The number of amides is 1. The van der Waals surface area contributed by atoms with Gasteiger partial charge in [0.05, 0.1) is 14.2 Å². The van der Waals surface area contributed by atoms with Gasteiger partial charge >= 0.3 is 11.9 Å². The highest BCUT2D eigenvalue weighted by Gasteiger charge is 2.36. The Labute approximate surface area is 256 Å². The van der Waals surface area contributed by atoms with Gasteiger partial charge in [-0.2, -0.15) is 0 Å². The molecule has 44 heavy (non-hydrogen) atoms. The van der Waals surface area contributed by atoms with E-state index < -0.39 is 42.9 Å². The van der Waals surface area contributed by atoms with Gasteiger partial charge in [-0.3, -0.25) is 9.59 Å². The van der Waals surface area contributed by atoms with Crippen LogP contribution in [0.25, 0.3) is 0 Å². The summed E-state index contributed by atoms with van der Waals surface area (Å²) in [6.07, 6.45) is 2.67. The summed E-state index contributed by atoms with van der Waals surface area (Å²) >= 11 is 0. The number of para-hydroxylation sites is 1. The lowest BCUT2D eigenvalue weighted by atomic mass is 9.86. The molecule has 0 spiro atoms. The van der Waals surface area contributed by atoms with Gasteiger partial charge in [0.15, 0.2) is 17.2 Å². The fourth-order valence-corrected chi connectivity index (χ4v) is 5.13. The zero-order valence-corrected chi connectivity index (χ0v) is 25.3. The maximum atomic E-state index is 13.4. The van der Waals surface area contributed by atoms with Crippen LogP contribution in [-0.2, 0) is 25.5 Å². The van der Waals surface area contributed by atoms with Gasteiger partial charge in [-0.25, -0.2) is 9.78 Å². The van der Waals surface area contributed by atoms with Crippen LogP contribution in [0.4, 0.5) is 0 Å². The zero-order valence-electron chi connectivity index (χ0n) is 25.3. The number of aromatic nitrogens is 1. The number of nitrogens with zero attached hydrogens (tertiary/aromatic N) is 1. The van der Waals surface area contributed by atoms with Crippen LogP contribution >= 0.6 is 0 Å². The predicted octanol–water partition coefficient (Wildman–Crippen LogP) is 4.52. The van der Waals surface area contributed by atoms with E-state index in [1.165, 1.54) is 26.3 Å². The number of esters is 2. The van der Waals surface area contributed by atoms with Crippen molar-refractivity contribution in [3.05, 3.63) is 78.1 Å². The standard InChI is InChI=1S/C33H38N2O9/c1-21-30(44-26-10-6-5-7-11-26)24(19-23-13-15-25(39-3)16-14-23)9-8-12-27(33(38)43-21)35-32(37)29-31(42-20-41-22(2)36)28(40-4)17-18-34-29/h5-7,10-11,13-18,21,24,27,30H,8-9,12,19-20H2,1-4H3,(H,35,37). The first kappa shape index (κ1) is 32.1.